The van der Waals surface area contributed by atoms with E-state index in [0.29, 0.717) is 23.2 Å². The van der Waals surface area contributed by atoms with Crippen LogP contribution in [0.25, 0.3) is 0 Å². The van der Waals surface area contributed by atoms with Gasteiger partial charge in [-0.05, 0) is 47.0 Å². The first-order chi connectivity index (χ1) is 8.01. The lowest BCUT2D eigenvalue weighted by Gasteiger charge is -2.15. The third-order valence-electron chi connectivity index (χ3n) is 2.96. The van der Waals surface area contributed by atoms with Gasteiger partial charge in [-0.15, -0.1) is 0 Å². The number of ether oxygens (including phenoxy) is 1. The van der Waals surface area contributed by atoms with Gasteiger partial charge < -0.3 is 10.5 Å². The Morgan fingerprint density at radius 1 is 1.53 bits per heavy atom. The summed E-state index contributed by atoms with van der Waals surface area (Å²) >= 11 is 3.11. The highest BCUT2D eigenvalue weighted by molar-refractivity contribution is 9.10. The van der Waals surface area contributed by atoms with E-state index in [2.05, 4.69) is 15.9 Å². The number of rotatable bonds is 5. The van der Waals surface area contributed by atoms with Gasteiger partial charge in [0.05, 0.1) is 16.9 Å². The van der Waals surface area contributed by atoms with E-state index in [9.17, 15) is 4.39 Å². The van der Waals surface area contributed by atoms with Gasteiger partial charge in [-0.25, -0.2) is 4.39 Å². The Bertz CT molecular complexity index is 446. The first-order valence-electron chi connectivity index (χ1n) is 5.42. The molecular formula is C12H14BrFN2O. The fraction of sp³-hybridized carbons (Fsp3) is 0.417. The highest BCUT2D eigenvalue weighted by Crippen LogP contribution is 2.48. The molecule has 0 spiro atoms. The fourth-order valence-electron chi connectivity index (χ4n) is 1.76. The molecule has 1 fully saturated rings. The maximum atomic E-state index is 13.0. The van der Waals surface area contributed by atoms with Crippen LogP contribution in [0.2, 0.25) is 0 Å². The van der Waals surface area contributed by atoms with Crippen LogP contribution in [-0.2, 0) is 0 Å². The summed E-state index contributed by atoms with van der Waals surface area (Å²) in [6, 6.07) is 4.58. The topological polar surface area (TPSA) is 59.1 Å². The maximum absolute atomic E-state index is 13.0. The van der Waals surface area contributed by atoms with Crippen LogP contribution in [0.15, 0.2) is 22.7 Å². The average molecular weight is 301 g/mol. The molecule has 1 aliphatic carbocycles. The SMILES string of the molecule is N=C(N)CC1(COc2ccc(F)c(Br)c2)CC1. The third-order valence-corrected chi connectivity index (χ3v) is 3.57. The summed E-state index contributed by atoms with van der Waals surface area (Å²) in [5.74, 6) is 0.529. The van der Waals surface area contributed by atoms with Crippen molar-refractivity contribution in [3.8, 4) is 5.75 Å². The van der Waals surface area contributed by atoms with Gasteiger partial charge in [-0.3, -0.25) is 5.41 Å². The molecule has 17 heavy (non-hydrogen) atoms. The van der Waals surface area contributed by atoms with E-state index in [1.54, 1.807) is 12.1 Å². The number of hydrogen-bond donors (Lipinski definition) is 2. The van der Waals surface area contributed by atoms with Crippen molar-refractivity contribution in [1.29, 1.82) is 5.41 Å². The third kappa shape index (κ3) is 3.19. The number of hydrogen-bond acceptors (Lipinski definition) is 2. The van der Waals surface area contributed by atoms with Crippen LogP contribution < -0.4 is 10.5 Å². The molecule has 0 bridgehead atoms. The first kappa shape index (κ1) is 12.4. The minimum absolute atomic E-state index is 0.0344. The molecule has 3 nitrogen and oxygen atoms in total. The summed E-state index contributed by atoms with van der Waals surface area (Å²) in [5, 5.41) is 7.30. The molecule has 2 rings (SSSR count). The molecule has 0 aromatic heterocycles. The molecule has 1 aliphatic rings. The van der Waals surface area contributed by atoms with E-state index in [0.717, 1.165) is 12.8 Å². The number of nitrogens with one attached hydrogen (secondary N) is 1. The predicted molar refractivity (Wildman–Crippen MR) is 67.8 cm³/mol. The van der Waals surface area contributed by atoms with Gasteiger partial charge in [0.25, 0.3) is 0 Å². The molecular weight excluding hydrogens is 287 g/mol. The Hall–Kier alpha value is -1.10. The van der Waals surface area contributed by atoms with Gasteiger partial charge in [0, 0.05) is 11.8 Å². The lowest BCUT2D eigenvalue weighted by molar-refractivity contribution is 0.238. The summed E-state index contributed by atoms with van der Waals surface area (Å²) in [5.41, 5.74) is 5.44. The Kier molecular flexibility index (Phi) is 3.38. The Balaban J connectivity index is 1.94. The largest absolute Gasteiger partial charge is 0.493 e. The zero-order chi connectivity index (χ0) is 12.5. The molecule has 3 N–H and O–H groups in total. The number of amidine groups is 1. The molecule has 0 saturated heterocycles. The molecule has 0 radical (unpaired) electrons. The lowest BCUT2D eigenvalue weighted by atomic mass is 10.0. The molecule has 0 heterocycles. The van der Waals surface area contributed by atoms with Crippen molar-refractivity contribution in [1.82, 2.24) is 0 Å². The highest BCUT2D eigenvalue weighted by Gasteiger charge is 2.43. The first-order valence-corrected chi connectivity index (χ1v) is 6.21. The van der Waals surface area contributed by atoms with E-state index < -0.39 is 0 Å². The van der Waals surface area contributed by atoms with Gasteiger partial charge in [0.1, 0.15) is 11.6 Å². The highest BCUT2D eigenvalue weighted by atomic mass is 79.9. The average Bonchev–Trinajstić information content (AvgIpc) is 2.99. The summed E-state index contributed by atoms with van der Waals surface area (Å²) in [7, 11) is 0. The predicted octanol–water partition coefficient (Wildman–Crippen LogP) is 3.07. The second-order valence-corrected chi connectivity index (χ2v) is 5.42. The van der Waals surface area contributed by atoms with Crippen LogP contribution in [-0.4, -0.2) is 12.4 Å². The Morgan fingerprint density at radius 3 is 2.76 bits per heavy atom. The summed E-state index contributed by atoms with van der Waals surface area (Å²) in [6.45, 7) is 0.532. The number of nitrogens with two attached hydrogens (primary N) is 1. The van der Waals surface area contributed by atoms with Crippen LogP contribution in [0.1, 0.15) is 19.3 Å². The van der Waals surface area contributed by atoms with Crippen LogP contribution in [0, 0.1) is 16.6 Å². The van der Waals surface area contributed by atoms with E-state index in [1.807, 2.05) is 0 Å². The quantitative estimate of drug-likeness (QED) is 0.648. The lowest BCUT2D eigenvalue weighted by Crippen LogP contribution is -2.21. The number of benzene rings is 1. The standard InChI is InChI=1S/C12H14BrFN2O/c13-9-5-8(1-2-10(9)14)17-7-12(3-4-12)6-11(15)16/h1-2,5H,3-4,6-7H2,(H3,15,16). The van der Waals surface area contributed by atoms with Crippen LogP contribution in [0.3, 0.4) is 0 Å². The van der Waals surface area contributed by atoms with Crippen molar-refractivity contribution in [2.75, 3.05) is 6.61 Å². The van der Waals surface area contributed by atoms with Gasteiger partial charge in [-0.2, -0.15) is 0 Å². The van der Waals surface area contributed by atoms with Gasteiger partial charge >= 0.3 is 0 Å². The van der Waals surface area contributed by atoms with E-state index in [-0.39, 0.29) is 17.1 Å². The van der Waals surface area contributed by atoms with Crippen LogP contribution >= 0.6 is 15.9 Å². The van der Waals surface area contributed by atoms with Crippen molar-refractivity contribution in [2.45, 2.75) is 19.3 Å². The van der Waals surface area contributed by atoms with E-state index in [1.165, 1.54) is 6.07 Å². The molecule has 1 aromatic carbocycles. The van der Waals surface area contributed by atoms with Gasteiger partial charge in [-0.1, -0.05) is 0 Å². The van der Waals surface area contributed by atoms with Crippen molar-refractivity contribution in [3.05, 3.63) is 28.5 Å². The van der Waals surface area contributed by atoms with E-state index >= 15 is 0 Å². The second kappa shape index (κ2) is 4.64. The zero-order valence-corrected chi connectivity index (χ0v) is 10.9. The Morgan fingerprint density at radius 2 is 2.24 bits per heavy atom. The second-order valence-electron chi connectivity index (χ2n) is 4.57. The van der Waals surface area contributed by atoms with Crippen LogP contribution in [0.5, 0.6) is 5.75 Å². The summed E-state index contributed by atoms with van der Waals surface area (Å²) in [6.07, 6.45) is 2.65. The van der Waals surface area contributed by atoms with Crippen molar-refractivity contribution < 1.29 is 9.13 Å². The van der Waals surface area contributed by atoms with Crippen molar-refractivity contribution in [3.63, 3.8) is 0 Å². The molecule has 0 amide bonds. The smallest absolute Gasteiger partial charge is 0.137 e. The minimum Gasteiger partial charge on any atom is -0.493 e. The molecule has 0 atom stereocenters. The molecule has 5 heteroatoms. The molecule has 92 valence electrons. The van der Waals surface area contributed by atoms with E-state index in [4.69, 9.17) is 15.9 Å². The normalized spacial score (nSPS) is 16.6. The fourth-order valence-corrected chi connectivity index (χ4v) is 2.11. The molecule has 0 unspecified atom stereocenters. The maximum Gasteiger partial charge on any atom is 0.137 e. The Labute approximate surface area is 108 Å². The molecule has 1 aromatic rings. The van der Waals surface area contributed by atoms with Crippen LogP contribution in [0.4, 0.5) is 4.39 Å². The van der Waals surface area contributed by atoms with Crippen molar-refractivity contribution >= 4 is 21.8 Å². The molecule has 0 aliphatic heterocycles. The summed E-state index contributed by atoms with van der Waals surface area (Å²) < 4.78 is 19.0. The summed E-state index contributed by atoms with van der Waals surface area (Å²) in [4.78, 5) is 0. The monoisotopic (exact) mass is 300 g/mol. The van der Waals surface area contributed by atoms with Crippen molar-refractivity contribution in [2.24, 2.45) is 11.1 Å². The molecule has 1 saturated carbocycles. The minimum atomic E-state index is -0.303. The van der Waals surface area contributed by atoms with Gasteiger partial charge in [0.15, 0.2) is 0 Å². The zero-order valence-electron chi connectivity index (χ0n) is 9.30. The van der Waals surface area contributed by atoms with Gasteiger partial charge in [0.2, 0.25) is 0 Å². The number of halogens is 2.